The maximum Gasteiger partial charge on any atom is 0.223 e. The first kappa shape index (κ1) is 22.8. The van der Waals surface area contributed by atoms with Crippen LogP contribution in [0, 0.1) is 0 Å². The normalized spacial score (nSPS) is 18.8. The average Bonchev–Trinajstić information content (AvgIpc) is 2.72. The van der Waals surface area contributed by atoms with E-state index in [9.17, 15) is 4.79 Å². The van der Waals surface area contributed by atoms with Crippen molar-refractivity contribution in [2.75, 3.05) is 45.8 Å². The maximum absolute atomic E-state index is 12.3. The Balaban J connectivity index is 1.80. The molecule has 1 amide bonds. The molecule has 7 heteroatoms. The minimum absolute atomic E-state index is 0.0935. The Morgan fingerprint density at radius 2 is 2.14 bits per heavy atom. The molecule has 1 aromatic rings. The van der Waals surface area contributed by atoms with Crippen molar-refractivity contribution < 1.29 is 9.53 Å². The number of piperidine rings is 1. The van der Waals surface area contributed by atoms with Gasteiger partial charge in [-0.2, -0.15) is 0 Å². The standard InChI is InChI=1S/C21H37N5O2/c1-2-21(27)26(14-12-24-11-10-22)20(23)16-25-13-6-9-19(15-25)28-17-18-7-4-3-5-8-18/h3-5,7-8,19-20,24H,2,6,9-17,22-23H2,1H3. The molecule has 0 radical (unpaired) electrons. The zero-order valence-corrected chi connectivity index (χ0v) is 17.2. The summed E-state index contributed by atoms with van der Waals surface area (Å²) in [6.07, 6.45) is 2.53. The molecule has 0 bridgehead atoms. The maximum atomic E-state index is 12.3. The van der Waals surface area contributed by atoms with E-state index < -0.39 is 0 Å². The number of nitrogens with zero attached hydrogens (tertiary/aromatic N) is 2. The minimum Gasteiger partial charge on any atom is -0.372 e. The van der Waals surface area contributed by atoms with E-state index in [1.807, 2.05) is 25.1 Å². The topological polar surface area (TPSA) is 96.8 Å². The van der Waals surface area contributed by atoms with Crippen molar-refractivity contribution >= 4 is 5.91 Å². The molecule has 0 saturated carbocycles. The largest absolute Gasteiger partial charge is 0.372 e. The van der Waals surface area contributed by atoms with Crippen LogP contribution in [0.2, 0.25) is 0 Å². The number of carbonyl (C=O) groups excluding carboxylic acids is 1. The fraction of sp³-hybridized carbons (Fsp3) is 0.667. The van der Waals surface area contributed by atoms with Gasteiger partial charge >= 0.3 is 0 Å². The van der Waals surface area contributed by atoms with E-state index in [0.717, 1.165) is 32.5 Å². The Hall–Kier alpha value is -1.51. The SMILES string of the molecule is CCC(=O)N(CCNCCN)C(N)CN1CCCC(OCc2ccccc2)C1. The molecule has 0 aromatic heterocycles. The summed E-state index contributed by atoms with van der Waals surface area (Å²) in [7, 11) is 0. The molecule has 7 nitrogen and oxygen atoms in total. The predicted octanol–water partition coefficient (Wildman–Crippen LogP) is 0.739. The molecule has 1 heterocycles. The molecular weight excluding hydrogens is 354 g/mol. The fourth-order valence-electron chi connectivity index (χ4n) is 3.57. The number of ether oxygens (including phenoxy) is 1. The number of amides is 1. The highest BCUT2D eigenvalue weighted by molar-refractivity contribution is 5.76. The summed E-state index contributed by atoms with van der Waals surface area (Å²) < 4.78 is 6.12. The smallest absolute Gasteiger partial charge is 0.223 e. The van der Waals surface area contributed by atoms with E-state index >= 15 is 0 Å². The van der Waals surface area contributed by atoms with E-state index in [-0.39, 0.29) is 18.2 Å². The molecule has 0 aliphatic carbocycles. The van der Waals surface area contributed by atoms with Gasteiger partial charge in [-0.3, -0.25) is 9.69 Å². The molecule has 1 saturated heterocycles. The molecule has 1 aliphatic rings. The van der Waals surface area contributed by atoms with Crippen molar-refractivity contribution in [3.8, 4) is 0 Å². The van der Waals surface area contributed by atoms with Gasteiger partial charge in [0.25, 0.3) is 0 Å². The highest BCUT2D eigenvalue weighted by Gasteiger charge is 2.25. The van der Waals surface area contributed by atoms with Gasteiger partial charge in [0.1, 0.15) is 0 Å². The average molecular weight is 392 g/mol. The summed E-state index contributed by atoms with van der Waals surface area (Å²) in [5.41, 5.74) is 13.1. The second-order valence-corrected chi connectivity index (χ2v) is 7.37. The summed E-state index contributed by atoms with van der Waals surface area (Å²) in [5.74, 6) is 0.0935. The Kier molecular flexibility index (Phi) is 10.5. The van der Waals surface area contributed by atoms with Gasteiger partial charge in [0.15, 0.2) is 0 Å². The van der Waals surface area contributed by atoms with Crippen LogP contribution in [-0.2, 0) is 16.1 Å². The van der Waals surface area contributed by atoms with E-state index in [2.05, 4.69) is 22.3 Å². The number of benzene rings is 1. The molecule has 2 atom stereocenters. The number of carbonyl (C=O) groups is 1. The third-order valence-corrected chi connectivity index (χ3v) is 5.11. The first-order valence-electron chi connectivity index (χ1n) is 10.5. The van der Waals surface area contributed by atoms with Crippen molar-refractivity contribution in [2.45, 2.75) is 45.1 Å². The van der Waals surface area contributed by atoms with Gasteiger partial charge < -0.3 is 26.4 Å². The van der Waals surface area contributed by atoms with E-state index in [0.29, 0.717) is 39.2 Å². The van der Waals surface area contributed by atoms with Gasteiger partial charge in [0.2, 0.25) is 5.91 Å². The van der Waals surface area contributed by atoms with Crippen LogP contribution in [0.5, 0.6) is 0 Å². The quantitative estimate of drug-likeness (QED) is 0.359. The summed E-state index contributed by atoms with van der Waals surface area (Å²) in [6, 6.07) is 10.3. The summed E-state index contributed by atoms with van der Waals surface area (Å²) in [4.78, 5) is 16.4. The number of rotatable bonds is 12. The monoisotopic (exact) mass is 391 g/mol. The molecule has 158 valence electrons. The van der Waals surface area contributed by atoms with Crippen LogP contribution in [0.1, 0.15) is 31.7 Å². The number of nitrogens with one attached hydrogen (secondary N) is 1. The number of hydrogen-bond donors (Lipinski definition) is 3. The lowest BCUT2D eigenvalue weighted by atomic mass is 10.1. The van der Waals surface area contributed by atoms with E-state index in [1.165, 1.54) is 5.56 Å². The lowest BCUT2D eigenvalue weighted by Gasteiger charge is -2.37. The summed E-state index contributed by atoms with van der Waals surface area (Å²) >= 11 is 0. The molecular formula is C21H37N5O2. The van der Waals surface area contributed by atoms with E-state index in [1.54, 1.807) is 4.90 Å². The van der Waals surface area contributed by atoms with Crippen LogP contribution >= 0.6 is 0 Å². The summed E-state index contributed by atoms with van der Waals surface area (Å²) in [5, 5.41) is 3.23. The molecule has 1 aliphatic heterocycles. The second-order valence-electron chi connectivity index (χ2n) is 7.37. The third-order valence-electron chi connectivity index (χ3n) is 5.11. The van der Waals surface area contributed by atoms with Crippen molar-refractivity contribution in [2.24, 2.45) is 11.5 Å². The first-order chi connectivity index (χ1) is 13.6. The predicted molar refractivity (Wildman–Crippen MR) is 113 cm³/mol. The zero-order chi connectivity index (χ0) is 20.2. The number of likely N-dealkylation sites (tertiary alicyclic amines) is 1. The highest BCUT2D eigenvalue weighted by Crippen LogP contribution is 2.16. The molecule has 1 aromatic carbocycles. The second kappa shape index (κ2) is 12.9. The van der Waals surface area contributed by atoms with Crippen LogP contribution in [-0.4, -0.2) is 73.8 Å². The Bertz CT molecular complexity index is 557. The molecule has 1 fully saturated rings. The van der Waals surface area contributed by atoms with Gasteiger partial charge in [-0.05, 0) is 24.9 Å². The fourth-order valence-corrected chi connectivity index (χ4v) is 3.57. The zero-order valence-electron chi connectivity index (χ0n) is 17.2. The highest BCUT2D eigenvalue weighted by atomic mass is 16.5. The Morgan fingerprint density at radius 1 is 1.36 bits per heavy atom. The Labute approximate surface area is 169 Å². The third kappa shape index (κ3) is 7.85. The van der Waals surface area contributed by atoms with Gasteiger partial charge in [0, 0.05) is 45.7 Å². The van der Waals surface area contributed by atoms with Crippen molar-refractivity contribution in [3.05, 3.63) is 35.9 Å². The van der Waals surface area contributed by atoms with Crippen molar-refractivity contribution in [3.63, 3.8) is 0 Å². The van der Waals surface area contributed by atoms with Crippen molar-refractivity contribution in [1.82, 2.24) is 15.1 Å². The van der Waals surface area contributed by atoms with Crippen LogP contribution in [0.25, 0.3) is 0 Å². The van der Waals surface area contributed by atoms with Gasteiger partial charge in [-0.1, -0.05) is 37.3 Å². The van der Waals surface area contributed by atoms with Crippen molar-refractivity contribution in [1.29, 1.82) is 0 Å². The lowest BCUT2D eigenvalue weighted by molar-refractivity contribution is -0.133. The first-order valence-corrected chi connectivity index (χ1v) is 10.5. The van der Waals surface area contributed by atoms with Crippen LogP contribution in [0.3, 0.4) is 0 Å². The van der Waals surface area contributed by atoms with E-state index in [4.69, 9.17) is 16.2 Å². The lowest BCUT2D eigenvalue weighted by Crippen LogP contribution is -2.55. The van der Waals surface area contributed by atoms with Crippen LogP contribution in [0.4, 0.5) is 0 Å². The molecule has 2 rings (SSSR count). The van der Waals surface area contributed by atoms with Gasteiger partial charge in [-0.25, -0.2) is 0 Å². The van der Waals surface area contributed by atoms with Crippen LogP contribution in [0.15, 0.2) is 30.3 Å². The van der Waals surface area contributed by atoms with Crippen LogP contribution < -0.4 is 16.8 Å². The van der Waals surface area contributed by atoms with Gasteiger partial charge in [0.05, 0.1) is 18.9 Å². The summed E-state index contributed by atoms with van der Waals surface area (Å²) in [6.45, 7) is 7.70. The number of hydrogen-bond acceptors (Lipinski definition) is 6. The molecule has 0 spiro atoms. The molecule has 2 unspecified atom stereocenters. The Morgan fingerprint density at radius 3 is 2.86 bits per heavy atom. The van der Waals surface area contributed by atoms with Gasteiger partial charge in [-0.15, -0.1) is 0 Å². The molecule has 28 heavy (non-hydrogen) atoms. The minimum atomic E-state index is -0.306. The molecule has 5 N–H and O–H groups in total. The number of nitrogens with two attached hydrogens (primary N) is 2.